The van der Waals surface area contributed by atoms with Crippen LogP contribution in [0.25, 0.3) is 0 Å². The number of nitrogens with one attached hydrogen (secondary N) is 1. The third-order valence-corrected chi connectivity index (χ3v) is 4.21. The fourth-order valence-corrected chi connectivity index (χ4v) is 3.09. The maximum atomic E-state index is 12.5. The summed E-state index contributed by atoms with van der Waals surface area (Å²) in [5.41, 5.74) is 3.33. The molecule has 0 spiro atoms. The molecular formula is C16H21NO2. The van der Waals surface area contributed by atoms with E-state index >= 15 is 0 Å². The monoisotopic (exact) mass is 259 g/mol. The highest BCUT2D eigenvalue weighted by atomic mass is 16.5. The van der Waals surface area contributed by atoms with Gasteiger partial charge in [-0.05, 0) is 43.2 Å². The Bertz CT molecular complexity index is 464. The lowest BCUT2D eigenvalue weighted by molar-refractivity contribution is 0.0601. The van der Waals surface area contributed by atoms with Crippen LogP contribution >= 0.6 is 0 Å². The van der Waals surface area contributed by atoms with Crippen LogP contribution in [0, 0.1) is 5.92 Å². The van der Waals surface area contributed by atoms with E-state index in [0.717, 1.165) is 56.7 Å². The second-order valence-corrected chi connectivity index (χ2v) is 5.55. The van der Waals surface area contributed by atoms with Crippen LogP contribution in [0.5, 0.6) is 0 Å². The van der Waals surface area contributed by atoms with Gasteiger partial charge in [0.25, 0.3) is 0 Å². The minimum Gasteiger partial charge on any atom is -0.385 e. The van der Waals surface area contributed by atoms with Crippen LogP contribution in [0.2, 0.25) is 0 Å². The van der Waals surface area contributed by atoms with E-state index in [1.807, 2.05) is 12.1 Å². The van der Waals surface area contributed by atoms with E-state index in [-0.39, 0.29) is 0 Å². The fourth-order valence-electron chi connectivity index (χ4n) is 3.09. The molecule has 0 atom stereocenters. The average Bonchev–Trinajstić information content (AvgIpc) is 2.47. The van der Waals surface area contributed by atoms with Gasteiger partial charge in [-0.3, -0.25) is 4.79 Å². The lowest BCUT2D eigenvalue weighted by atomic mass is 9.88. The fraction of sp³-hybridized carbons (Fsp3) is 0.562. The van der Waals surface area contributed by atoms with Crippen LogP contribution in [0.1, 0.15) is 41.6 Å². The van der Waals surface area contributed by atoms with Crippen molar-refractivity contribution in [3.8, 4) is 0 Å². The molecule has 102 valence electrons. The van der Waals surface area contributed by atoms with E-state index in [9.17, 15) is 4.79 Å². The molecule has 2 aliphatic heterocycles. The van der Waals surface area contributed by atoms with Gasteiger partial charge in [-0.2, -0.15) is 0 Å². The Morgan fingerprint density at radius 1 is 1.32 bits per heavy atom. The van der Waals surface area contributed by atoms with Gasteiger partial charge in [-0.1, -0.05) is 12.1 Å². The third kappa shape index (κ3) is 2.81. The Balaban J connectivity index is 1.75. The second-order valence-electron chi connectivity index (χ2n) is 5.55. The maximum absolute atomic E-state index is 12.5. The summed E-state index contributed by atoms with van der Waals surface area (Å²) in [5, 5.41) is 3.39. The molecule has 0 aliphatic carbocycles. The summed E-state index contributed by atoms with van der Waals surface area (Å²) in [7, 11) is 0. The van der Waals surface area contributed by atoms with Gasteiger partial charge in [0.15, 0.2) is 5.78 Å². The first-order valence-electron chi connectivity index (χ1n) is 7.31. The number of hydrogen-bond acceptors (Lipinski definition) is 3. The Morgan fingerprint density at radius 2 is 2.16 bits per heavy atom. The summed E-state index contributed by atoms with van der Waals surface area (Å²) < 4.78 is 5.36. The van der Waals surface area contributed by atoms with Crippen molar-refractivity contribution < 1.29 is 9.53 Å². The molecule has 1 aromatic rings. The molecule has 0 radical (unpaired) electrons. The molecule has 19 heavy (non-hydrogen) atoms. The van der Waals surface area contributed by atoms with Crippen LogP contribution in [-0.4, -0.2) is 25.5 Å². The van der Waals surface area contributed by atoms with Crippen molar-refractivity contribution in [3.63, 3.8) is 0 Å². The minimum absolute atomic E-state index is 0.312. The van der Waals surface area contributed by atoms with Crippen LogP contribution in [0.15, 0.2) is 18.2 Å². The van der Waals surface area contributed by atoms with Gasteiger partial charge in [0.2, 0.25) is 0 Å². The van der Waals surface area contributed by atoms with E-state index in [2.05, 4.69) is 11.4 Å². The number of ketones is 1. The molecular weight excluding hydrogens is 238 g/mol. The Labute approximate surface area is 114 Å². The Hall–Kier alpha value is -1.35. The van der Waals surface area contributed by atoms with Gasteiger partial charge in [-0.15, -0.1) is 0 Å². The Morgan fingerprint density at radius 3 is 3.00 bits per heavy atom. The summed E-state index contributed by atoms with van der Waals surface area (Å²) in [6, 6.07) is 6.07. The molecule has 1 fully saturated rings. The molecule has 0 amide bonds. The zero-order chi connectivity index (χ0) is 13.1. The number of carbonyl (C=O) groups is 1. The van der Waals surface area contributed by atoms with E-state index in [4.69, 9.17) is 4.74 Å². The van der Waals surface area contributed by atoms with Gasteiger partial charge in [0.1, 0.15) is 0 Å². The number of rotatable bonds is 3. The van der Waals surface area contributed by atoms with E-state index in [1.54, 1.807) is 0 Å². The van der Waals surface area contributed by atoms with Crippen LogP contribution in [0.3, 0.4) is 0 Å². The highest BCUT2D eigenvalue weighted by Gasteiger charge is 2.22. The summed E-state index contributed by atoms with van der Waals surface area (Å²) in [4.78, 5) is 12.5. The zero-order valence-electron chi connectivity index (χ0n) is 11.3. The molecule has 1 aromatic carbocycles. The number of hydrogen-bond donors (Lipinski definition) is 1. The summed E-state index contributed by atoms with van der Waals surface area (Å²) in [5.74, 6) is 0.820. The lowest BCUT2D eigenvalue weighted by Crippen LogP contribution is -2.20. The van der Waals surface area contributed by atoms with Crippen molar-refractivity contribution in [2.75, 3.05) is 25.1 Å². The molecule has 3 rings (SSSR count). The van der Waals surface area contributed by atoms with Crippen molar-refractivity contribution in [1.82, 2.24) is 0 Å². The first kappa shape index (κ1) is 12.7. The van der Waals surface area contributed by atoms with Gasteiger partial charge < -0.3 is 10.1 Å². The third-order valence-electron chi connectivity index (χ3n) is 4.21. The van der Waals surface area contributed by atoms with Crippen LogP contribution < -0.4 is 5.32 Å². The highest BCUT2D eigenvalue weighted by Crippen LogP contribution is 2.28. The molecule has 1 N–H and O–H groups in total. The molecule has 2 heterocycles. The lowest BCUT2D eigenvalue weighted by Gasteiger charge is -2.23. The predicted molar refractivity (Wildman–Crippen MR) is 75.7 cm³/mol. The van der Waals surface area contributed by atoms with Crippen molar-refractivity contribution in [2.45, 2.75) is 32.1 Å². The molecule has 3 heteroatoms. The number of fused-ring (bicyclic) bond motifs is 1. The largest absolute Gasteiger partial charge is 0.385 e. The van der Waals surface area contributed by atoms with E-state index < -0.39 is 0 Å². The quantitative estimate of drug-likeness (QED) is 0.848. The maximum Gasteiger partial charge on any atom is 0.163 e. The average molecular weight is 259 g/mol. The van der Waals surface area contributed by atoms with Crippen molar-refractivity contribution >= 4 is 11.5 Å². The SMILES string of the molecule is O=C(CC1CCOCC1)c1cccc2c1CCCN2. The molecule has 0 unspecified atom stereocenters. The summed E-state index contributed by atoms with van der Waals surface area (Å²) in [6.07, 6.45) is 4.88. The van der Waals surface area contributed by atoms with Gasteiger partial charge in [-0.25, -0.2) is 0 Å². The number of carbonyl (C=O) groups excluding carboxylic acids is 1. The molecule has 0 saturated carbocycles. The van der Waals surface area contributed by atoms with E-state index in [1.165, 1.54) is 5.56 Å². The molecule has 3 nitrogen and oxygen atoms in total. The van der Waals surface area contributed by atoms with E-state index in [0.29, 0.717) is 18.1 Å². The first-order valence-corrected chi connectivity index (χ1v) is 7.31. The van der Waals surface area contributed by atoms with Crippen molar-refractivity contribution in [3.05, 3.63) is 29.3 Å². The summed E-state index contributed by atoms with van der Waals surface area (Å²) >= 11 is 0. The minimum atomic E-state index is 0.312. The van der Waals surface area contributed by atoms with Gasteiger partial charge in [0, 0.05) is 37.4 Å². The van der Waals surface area contributed by atoms with Gasteiger partial charge >= 0.3 is 0 Å². The number of ether oxygens (including phenoxy) is 1. The van der Waals surface area contributed by atoms with Crippen LogP contribution in [0.4, 0.5) is 5.69 Å². The second kappa shape index (κ2) is 5.74. The standard InChI is InChI=1S/C16H21NO2/c18-16(11-12-6-9-19-10-7-12)14-3-1-5-15-13(14)4-2-8-17-15/h1,3,5,12,17H,2,4,6-11H2. The number of anilines is 1. The smallest absolute Gasteiger partial charge is 0.163 e. The van der Waals surface area contributed by atoms with Crippen LogP contribution in [-0.2, 0) is 11.2 Å². The van der Waals surface area contributed by atoms with Gasteiger partial charge in [0.05, 0.1) is 0 Å². The molecule has 2 aliphatic rings. The number of Topliss-reactive ketones (excluding diaryl/α,β-unsaturated/α-hetero) is 1. The number of benzene rings is 1. The molecule has 0 bridgehead atoms. The first-order chi connectivity index (χ1) is 9.34. The Kier molecular flexibility index (Phi) is 3.83. The molecule has 0 aromatic heterocycles. The predicted octanol–water partition coefficient (Wildman–Crippen LogP) is 3.04. The van der Waals surface area contributed by atoms with Crippen molar-refractivity contribution in [2.24, 2.45) is 5.92 Å². The van der Waals surface area contributed by atoms with Crippen molar-refractivity contribution in [1.29, 1.82) is 0 Å². The topological polar surface area (TPSA) is 38.3 Å². The summed E-state index contributed by atoms with van der Waals surface area (Å²) in [6.45, 7) is 2.64. The normalized spacial score (nSPS) is 19.6. The molecule has 1 saturated heterocycles. The zero-order valence-corrected chi connectivity index (χ0v) is 11.3. The highest BCUT2D eigenvalue weighted by molar-refractivity contribution is 5.99.